The third-order valence-electron chi connectivity index (χ3n) is 10.1. The van der Waals surface area contributed by atoms with Crippen molar-refractivity contribution in [3.63, 3.8) is 0 Å². The number of hydrogen-bond donors (Lipinski definition) is 7. The number of aliphatic imine (C=N–C) groups is 2. The Morgan fingerprint density at radius 1 is 0.569 bits per heavy atom. The molecule has 13 nitrogen and oxygen atoms in total. The number of amides is 2. The van der Waals surface area contributed by atoms with Crippen LogP contribution in [0.5, 0.6) is 0 Å². The van der Waals surface area contributed by atoms with Gasteiger partial charge in [0.25, 0.3) is 0 Å². The number of aryl methyl sites for hydroxylation is 1. The maximum atomic E-state index is 14.2. The van der Waals surface area contributed by atoms with E-state index in [0.717, 1.165) is 38.9 Å². The van der Waals surface area contributed by atoms with Gasteiger partial charge in [0.15, 0.2) is 23.5 Å². The van der Waals surface area contributed by atoms with Crippen molar-refractivity contribution in [3.8, 4) is 22.3 Å². The zero-order chi connectivity index (χ0) is 42.0. The molecule has 0 aliphatic heterocycles. The molecule has 0 radical (unpaired) electrons. The first-order valence-corrected chi connectivity index (χ1v) is 19.6. The van der Waals surface area contributed by atoms with Crippen LogP contribution in [0.25, 0.3) is 22.3 Å². The van der Waals surface area contributed by atoms with Gasteiger partial charge in [-0.05, 0) is 78.8 Å². The Morgan fingerprint density at radius 3 is 1.52 bits per heavy atom. The van der Waals surface area contributed by atoms with Crippen LogP contribution in [0, 0.1) is 18.8 Å². The molecule has 4 aromatic carbocycles. The van der Waals surface area contributed by atoms with Crippen molar-refractivity contribution in [2.24, 2.45) is 56.2 Å². The summed E-state index contributed by atoms with van der Waals surface area (Å²) in [5.41, 5.74) is 41.1. The summed E-state index contributed by atoms with van der Waals surface area (Å²) in [6.07, 6.45) is 1.43. The Kier molecular flexibility index (Phi) is 17.1. The first kappa shape index (κ1) is 44.4. The molecule has 0 aliphatic carbocycles. The van der Waals surface area contributed by atoms with Crippen LogP contribution in [-0.2, 0) is 32.0 Å². The second-order valence-corrected chi connectivity index (χ2v) is 14.7. The standard InChI is InChI=1S/C45H57N9O4/c1-29-11-17-33(18-12-29)35-21-15-31(16-22-35)26-39(41(56)27-36(42(47)57)9-5-23-52-44(48)49)54-43(58)37(10-6-24-53-45(50)51)28-40(55)38(46)25-30-13-19-34(20-14-30)32-7-3-2-4-8-32/h2-4,7-8,11-22,36-39H,5-6,9-10,23-28,46H2,1H3,(H2,47,57)(H,54,58)(H4,48,49,52)(H4,50,51,53)/t36-,37-,38+,39+/m1/s1. The third kappa shape index (κ3) is 14.6. The van der Waals surface area contributed by atoms with E-state index in [-0.39, 0.29) is 75.1 Å². The van der Waals surface area contributed by atoms with Crippen LogP contribution >= 0.6 is 0 Å². The molecule has 0 bridgehead atoms. The summed E-state index contributed by atoms with van der Waals surface area (Å²) in [6.45, 7) is 2.54. The van der Waals surface area contributed by atoms with Crippen molar-refractivity contribution in [2.75, 3.05) is 13.1 Å². The quantitative estimate of drug-likeness (QED) is 0.0328. The average molecular weight is 788 g/mol. The number of benzene rings is 4. The number of carbonyl (C=O) groups is 4. The Balaban J connectivity index is 1.53. The number of hydrogen-bond acceptors (Lipinski definition) is 7. The van der Waals surface area contributed by atoms with Crippen molar-refractivity contribution in [1.82, 2.24) is 5.32 Å². The summed E-state index contributed by atoms with van der Waals surface area (Å²) >= 11 is 0. The molecule has 0 fully saturated rings. The number of nitrogens with zero attached hydrogens (tertiary/aromatic N) is 2. The van der Waals surface area contributed by atoms with Crippen LogP contribution in [0.3, 0.4) is 0 Å². The molecule has 306 valence electrons. The zero-order valence-corrected chi connectivity index (χ0v) is 33.2. The van der Waals surface area contributed by atoms with Crippen LogP contribution in [0.1, 0.15) is 55.2 Å². The highest BCUT2D eigenvalue weighted by Gasteiger charge is 2.31. The van der Waals surface area contributed by atoms with Crippen LogP contribution in [0.2, 0.25) is 0 Å². The van der Waals surface area contributed by atoms with Crippen molar-refractivity contribution < 1.29 is 19.2 Å². The second-order valence-electron chi connectivity index (χ2n) is 14.7. The zero-order valence-electron chi connectivity index (χ0n) is 33.2. The lowest BCUT2D eigenvalue weighted by molar-refractivity contribution is -0.134. The second kappa shape index (κ2) is 22.4. The van der Waals surface area contributed by atoms with Gasteiger partial charge in [0, 0.05) is 37.8 Å². The minimum Gasteiger partial charge on any atom is -0.370 e. The molecule has 0 saturated heterocycles. The summed E-state index contributed by atoms with van der Waals surface area (Å²) in [5.74, 6) is -3.60. The van der Waals surface area contributed by atoms with Gasteiger partial charge in [0.1, 0.15) is 0 Å². The van der Waals surface area contributed by atoms with Gasteiger partial charge >= 0.3 is 0 Å². The molecule has 0 spiro atoms. The Morgan fingerprint density at radius 2 is 1.02 bits per heavy atom. The number of nitrogens with one attached hydrogen (secondary N) is 1. The maximum absolute atomic E-state index is 14.2. The number of nitrogens with two attached hydrogens (primary N) is 6. The summed E-state index contributed by atoms with van der Waals surface area (Å²) in [6, 6.07) is 31.8. The molecule has 0 unspecified atom stereocenters. The fourth-order valence-corrected chi connectivity index (χ4v) is 6.72. The highest BCUT2D eigenvalue weighted by atomic mass is 16.2. The molecule has 2 amide bonds. The van der Waals surface area contributed by atoms with E-state index < -0.39 is 35.7 Å². The number of ketones is 2. The van der Waals surface area contributed by atoms with Gasteiger partial charge in [-0.15, -0.1) is 0 Å². The molecule has 0 saturated carbocycles. The first-order valence-electron chi connectivity index (χ1n) is 19.6. The number of carbonyl (C=O) groups excluding carboxylic acids is 4. The lowest BCUT2D eigenvalue weighted by Gasteiger charge is -2.24. The van der Waals surface area contributed by atoms with Crippen molar-refractivity contribution in [3.05, 3.63) is 120 Å². The Labute approximate surface area is 340 Å². The van der Waals surface area contributed by atoms with Crippen molar-refractivity contribution >= 4 is 35.3 Å². The number of Topliss-reactive ketones (excluding diaryl/α,β-unsaturated/α-hetero) is 2. The number of rotatable bonds is 23. The number of guanidine groups is 2. The Bertz CT molecular complexity index is 2010. The molecule has 13 N–H and O–H groups in total. The Hall–Kier alpha value is -6.34. The SMILES string of the molecule is Cc1ccc(-c2ccc(C[C@H](NC(=O)[C@H](CCCN=C(N)N)CC(=O)[C@@H](N)Cc3ccc(-c4ccccc4)cc3)C(=O)C[C@@H](CCCN=C(N)N)C(N)=O)cc2)cc1. The van der Waals surface area contributed by atoms with Crippen LogP contribution < -0.4 is 39.7 Å². The highest BCUT2D eigenvalue weighted by Crippen LogP contribution is 2.24. The summed E-state index contributed by atoms with van der Waals surface area (Å²) in [7, 11) is 0. The van der Waals surface area contributed by atoms with E-state index >= 15 is 0 Å². The lowest BCUT2D eigenvalue weighted by atomic mass is 9.89. The number of primary amides is 1. The normalized spacial score (nSPS) is 13.0. The van der Waals surface area contributed by atoms with E-state index in [1.165, 1.54) is 0 Å². The van der Waals surface area contributed by atoms with Crippen LogP contribution in [-0.4, -0.2) is 60.5 Å². The molecule has 0 aliphatic rings. The smallest absolute Gasteiger partial charge is 0.224 e. The van der Waals surface area contributed by atoms with Crippen LogP contribution in [0.4, 0.5) is 0 Å². The van der Waals surface area contributed by atoms with E-state index in [1.54, 1.807) is 0 Å². The molecule has 4 atom stereocenters. The molecule has 4 rings (SSSR count). The van der Waals surface area contributed by atoms with Crippen LogP contribution in [0.15, 0.2) is 113 Å². The molecule has 0 aromatic heterocycles. The topological polar surface area (TPSA) is 261 Å². The molecular formula is C45H57N9O4. The van der Waals surface area contributed by atoms with Gasteiger partial charge in [-0.25, -0.2) is 0 Å². The van der Waals surface area contributed by atoms with E-state index in [4.69, 9.17) is 34.4 Å². The monoisotopic (exact) mass is 787 g/mol. The minimum atomic E-state index is -1.02. The molecule has 13 heteroatoms. The summed E-state index contributed by atoms with van der Waals surface area (Å²) < 4.78 is 0. The van der Waals surface area contributed by atoms with E-state index in [1.807, 2.05) is 110 Å². The predicted molar refractivity (Wildman–Crippen MR) is 231 cm³/mol. The summed E-state index contributed by atoms with van der Waals surface area (Å²) in [5, 5.41) is 2.94. The third-order valence-corrected chi connectivity index (χ3v) is 10.1. The fraction of sp³-hybridized carbons (Fsp3) is 0.333. The largest absolute Gasteiger partial charge is 0.370 e. The lowest BCUT2D eigenvalue weighted by Crippen LogP contribution is -2.47. The van der Waals surface area contributed by atoms with Gasteiger partial charge < -0.3 is 39.7 Å². The maximum Gasteiger partial charge on any atom is 0.224 e. The molecule has 0 heterocycles. The molecule has 58 heavy (non-hydrogen) atoms. The van der Waals surface area contributed by atoms with E-state index in [9.17, 15) is 19.2 Å². The van der Waals surface area contributed by atoms with Gasteiger partial charge in [-0.1, -0.05) is 109 Å². The van der Waals surface area contributed by atoms with Crippen molar-refractivity contribution in [1.29, 1.82) is 0 Å². The minimum absolute atomic E-state index is 0.0762. The van der Waals surface area contributed by atoms with Crippen molar-refractivity contribution in [2.45, 2.75) is 70.4 Å². The summed E-state index contributed by atoms with van der Waals surface area (Å²) in [4.78, 5) is 62.3. The van der Waals surface area contributed by atoms with E-state index in [2.05, 4.69) is 15.3 Å². The average Bonchev–Trinajstić information content (AvgIpc) is 3.20. The predicted octanol–water partition coefficient (Wildman–Crippen LogP) is 3.67. The highest BCUT2D eigenvalue weighted by molar-refractivity contribution is 5.94. The molecule has 4 aromatic rings. The van der Waals surface area contributed by atoms with E-state index in [0.29, 0.717) is 12.8 Å². The van der Waals surface area contributed by atoms with Gasteiger partial charge in [-0.2, -0.15) is 0 Å². The van der Waals surface area contributed by atoms with Gasteiger partial charge in [-0.3, -0.25) is 29.2 Å². The first-order chi connectivity index (χ1) is 27.8. The van der Waals surface area contributed by atoms with Gasteiger partial charge in [0.05, 0.1) is 12.1 Å². The fourth-order valence-electron chi connectivity index (χ4n) is 6.72. The molecular weight excluding hydrogens is 731 g/mol. The van der Waals surface area contributed by atoms with Gasteiger partial charge in [0.2, 0.25) is 11.8 Å².